The minimum absolute atomic E-state index is 0.0698. The van der Waals surface area contributed by atoms with Gasteiger partial charge in [0, 0.05) is 18.4 Å². The minimum atomic E-state index is -4.96. The molecule has 2 aliphatic rings. The summed E-state index contributed by atoms with van der Waals surface area (Å²) in [6, 6.07) is 7.10. The Morgan fingerprint density at radius 2 is 1.54 bits per heavy atom. The van der Waals surface area contributed by atoms with Crippen LogP contribution in [-0.2, 0) is 21.9 Å². The highest BCUT2D eigenvalue weighted by atomic mass is 19.4. The van der Waals surface area contributed by atoms with Crippen LogP contribution in [0.3, 0.4) is 0 Å². The molecule has 0 aromatic heterocycles. The Hall–Kier alpha value is -2.66. The third-order valence-corrected chi connectivity index (χ3v) is 7.26. The van der Waals surface area contributed by atoms with Gasteiger partial charge in [-0.05, 0) is 74.7 Å². The summed E-state index contributed by atoms with van der Waals surface area (Å²) >= 11 is 0. The molecule has 2 aromatic rings. The highest BCUT2D eigenvalue weighted by Gasteiger charge is 2.44. The number of carbonyl (C=O) groups is 1. The quantitative estimate of drug-likeness (QED) is 0.437. The Bertz CT molecular complexity index is 1090. The first kappa shape index (κ1) is 27.4. The first-order chi connectivity index (χ1) is 17.2. The highest BCUT2D eigenvalue weighted by Crippen LogP contribution is 2.44. The molecule has 202 valence electrons. The zero-order valence-corrected chi connectivity index (χ0v) is 20.2. The fourth-order valence-electron chi connectivity index (χ4n) is 5.36. The number of nitrogens with one attached hydrogen (secondary N) is 1. The van der Waals surface area contributed by atoms with E-state index in [2.05, 4.69) is 5.32 Å². The molecule has 0 spiro atoms. The lowest BCUT2D eigenvalue weighted by Crippen LogP contribution is -2.48. The molecular formula is C26H27F7N2O2. The van der Waals surface area contributed by atoms with Crippen LogP contribution in [0.4, 0.5) is 30.7 Å². The van der Waals surface area contributed by atoms with E-state index in [1.165, 1.54) is 19.1 Å². The van der Waals surface area contributed by atoms with E-state index in [1.54, 1.807) is 12.1 Å². The number of nitrogens with zero attached hydrogens (tertiary/aromatic N) is 1. The van der Waals surface area contributed by atoms with Crippen LogP contribution in [0, 0.1) is 5.82 Å². The molecular weight excluding hydrogens is 505 g/mol. The average Bonchev–Trinajstić information content (AvgIpc) is 3.44. The van der Waals surface area contributed by atoms with Gasteiger partial charge < -0.3 is 10.1 Å². The molecule has 1 saturated carbocycles. The maximum absolute atomic E-state index is 13.6. The van der Waals surface area contributed by atoms with Gasteiger partial charge in [0.05, 0.1) is 29.5 Å². The zero-order chi connectivity index (χ0) is 27.1. The van der Waals surface area contributed by atoms with Gasteiger partial charge in [-0.1, -0.05) is 12.1 Å². The number of carbonyl (C=O) groups excluding carboxylic acids is 1. The van der Waals surface area contributed by atoms with E-state index in [1.807, 2.05) is 11.9 Å². The van der Waals surface area contributed by atoms with Crippen molar-refractivity contribution in [3.8, 4) is 0 Å². The van der Waals surface area contributed by atoms with Gasteiger partial charge in [-0.25, -0.2) is 4.39 Å². The summed E-state index contributed by atoms with van der Waals surface area (Å²) in [5.41, 5.74) is -2.30. The molecule has 5 atom stereocenters. The monoisotopic (exact) mass is 532 g/mol. The lowest BCUT2D eigenvalue weighted by molar-refractivity contribution is -0.143. The number of hydrogen-bond donors (Lipinski definition) is 1. The topological polar surface area (TPSA) is 41.6 Å². The second kappa shape index (κ2) is 10.2. The molecule has 2 fully saturated rings. The number of ether oxygens (including phenoxy) is 1. The Kier molecular flexibility index (Phi) is 7.58. The Balaban J connectivity index is 1.63. The highest BCUT2D eigenvalue weighted by molar-refractivity contribution is 5.78. The van der Waals surface area contributed by atoms with Crippen LogP contribution < -0.4 is 5.32 Å². The largest absolute Gasteiger partial charge is 0.416 e. The number of rotatable bonds is 6. The van der Waals surface area contributed by atoms with Crippen molar-refractivity contribution in [2.24, 2.45) is 0 Å². The number of likely N-dealkylation sites (N-methyl/N-ethyl adjacent to an activating group) is 1. The zero-order valence-electron chi connectivity index (χ0n) is 20.2. The van der Waals surface area contributed by atoms with Gasteiger partial charge in [0.15, 0.2) is 0 Å². The third kappa shape index (κ3) is 6.09. The van der Waals surface area contributed by atoms with Gasteiger partial charge in [-0.15, -0.1) is 0 Å². The minimum Gasteiger partial charge on any atom is -0.370 e. The van der Waals surface area contributed by atoms with E-state index in [0.717, 1.165) is 5.56 Å². The van der Waals surface area contributed by atoms with Gasteiger partial charge in [0.25, 0.3) is 0 Å². The van der Waals surface area contributed by atoms with Crippen molar-refractivity contribution in [1.29, 1.82) is 0 Å². The summed E-state index contributed by atoms with van der Waals surface area (Å²) in [7, 11) is 1.85. The van der Waals surface area contributed by atoms with Crippen LogP contribution in [0.25, 0.3) is 0 Å². The van der Waals surface area contributed by atoms with Gasteiger partial charge >= 0.3 is 12.4 Å². The molecule has 4 nitrogen and oxygen atoms in total. The standard InChI is InChI=1S/C26H27F7N2O2/c1-14(16-11-17(25(28,29)30)13-18(12-16)26(31,32)33)37-21-8-7-20(35(2)22-9-10-23(36)34-22)24(21)15-3-5-19(27)6-4-15/h3-6,11-14,20-22,24H,7-10H2,1-2H3,(H,34,36)/t14-,20-,21+,22+,24-/m0/s1. The summed E-state index contributed by atoms with van der Waals surface area (Å²) in [6.45, 7) is 1.42. The number of alkyl halides is 6. The molecule has 1 saturated heterocycles. The van der Waals surface area contributed by atoms with Crippen LogP contribution in [0.2, 0.25) is 0 Å². The number of hydrogen-bond acceptors (Lipinski definition) is 3. The normalized spacial score (nSPS) is 25.5. The molecule has 1 N–H and O–H groups in total. The fraction of sp³-hybridized carbons (Fsp3) is 0.500. The van der Waals surface area contributed by atoms with Crippen molar-refractivity contribution in [3.63, 3.8) is 0 Å². The summed E-state index contributed by atoms with van der Waals surface area (Å²) in [4.78, 5) is 13.8. The maximum Gasteiger partial charge on any atom is 0.416 e. The first-order valence-electron chi connectivity index (χ1n) is 12.0. The van der Waals surface area contributed by atoms with E-state index < -0.39 is 41.5 Å². The molecule has 1 aliphatic carbocycles. The SMILES string of the molecule is C[C@H](O[C@@H]1CC[C@H](N(C)[C@@H]2CCC(=O)N2)[C@@H]1c1ccc(F)cc1)c1cc(C(F)(F)F)cc(C(F)(F)F)c1. The number of amides is 1. The van der Waals surface area contributed by atoms with Crippen LogP contribution in [0.15, 0.2) is 42.5 Å². The second-order valence-electron chi connectivity index (χ2n) is 9.67. The number of halogens is 7. The van der Waals surface area contributed by atoms with Crippen LogP contribution >= 0.6 is 0 Å². The molecule has 0 radical (unpaired) electrons. The lowest BCUT2D eigenvalue weighted by atomic mass is 9.91. The predicted octanol–water partition coefficient (Wildman–Crippen LogP) is 6.42. The van der Waals surface area contributed by atoms with Crippen LogP contribution in [-0.4, -0.2) is 36.2 Å². The number of benzene rings is 2. The second-order valence-corrected chi connectivity index (χ2v) is 9.67. The van der Waals surface area contributed by atoms with Gasteiger partial charge in [0.2, 0.25) is 5.91 Å². The molecule has 1 amide bonds. The van der Waals surface area contributed by atoms with Gasteiger partial charge in [-0.2, -0.15) is 26.3 Å². The predicted molar refractivity (Wildman–Crippen MR) is 121 cm³/mol. The molecule has 4 rings (SSSR count). The van der Waals surface area contributed by atoms with Gasteiger partial charge in [0.1, 0.15) is 5.82 Å². The summed E-state index contributed by atoms with van der Waals surface area (Å²) in [5.74, 6) is -0.859. The lowest BCUT2D eigenvalue weighted by Gasteiger charge is -2.36. The van der Waals surface area contributed by atoms with Crippen LogP contribution in [0.1, 0.15) is 66.9 Å². The average molecular weight is 533 g/mol. The van der Waals surface area contributed by atoms with Crippen molar-refractivity contribution < 1.29 is 40.3 Å². The van der Waals surface area contributed by atoms with Crippen molar-refractivity contribution >= 4 is 5.91 Å². The summed E-state index contributed by atoms with van der Waals surface area (Å²) < 4.78 is 100.0. The molecule has 1 aliphatic heterocycles. The van der Waals surface area contributed by atoms with Crippen LogP contribution in [0.5, 0.6) is 0 Å². The van der Waals surface area contributed by atoms with Crippen molar-refractivity contribution in [3.05, 3.63) is 70.5 Å². The fourth-order valence-corrected chi connectivity index (χ4v) is 5.36. The molecule has 0 bridgehead atoms. The van der Waals surface area contributed by atoms with E-state index in [4.69, 9.17) is 4.74 Å². The molecule has 2 aromatic carbocycles. The van der Waals surface area contributed by atoms with E-state index >= 15 is 0 Å². The summed E-state index contributed by atoms with van der Waals surface area (Å²) in [5, 5.41) is 2.91. The van der Waals surface area contributed by atoms with Crippen molar-refractivity contribution in [2.75, 3.05) is 7.05 Å². The first-order valence-corrected chi connectivity index (χ1v) is 12.0. The van der Waals surface area contributed by atoms with E-state index in [9.17, 15) is 35.5 Å². The third-order valence-electron chi connectivity index (χ3n) is 7.26. The molecule has 0 unspecified atom stereocenters. The molecule has 1 heterocycles. The summed E-state index contributed by atoms with van der Waals surface area (Å²) in [6.07, 6.45) is -9.69. The van der Waals surface area contributed by atoms with Gasteiger partial charge in [-0.3, -0.25) is 9.69 Å². The van der Waals surface area contributed by atoms with Crippen molar-refractivity contribution in [1.82, 2.24) is 10.2 Å². The molecule has 37 heavy (non-hydrogen) atoms. The maximum atomic E-state index is 13.6. The smallest absolute Gasteiger partial charge is 0.370 e. The molecule has 11 heteroatoms. The van der Waals surface area contributed by atoms with E-state index in [0.29, 0.717) is 37.8 Å². The Labute approximate surface area is 209 Å². The van der Waals surface area contributed by atoms with E-state index in [-0.39, 0.29) is 35.7 Å². The Morgan fingerprint density at radius 3 is 2.05 bits per heavy atom. The Morgan fingerprint density at radius 1 is 0.946 bits per heavy atom. The van der Waals surface area contributed by atoms with Crippen molar-refractivity contribution in [2.45, 2.75) is 75.3 Å².